The van der Waals surface area contributed by atoms with E-state index < -0.39 is 11.9 Å². The summed E-state index contributed by atoms with van der Waals surface area (Å²) in [6, 6.07) is 11.7. The molecule has 9 heteroatoms. The third kappa shape index (κ3) is 4.95. The highest BCUT2D eigenvalue weighted by Gasteiger charge is 2.24. The number of nitrogens with one attached hydrogen (secondary N) is 1. The molecule has 1 heterocycles. The van der Waals surface area contributed by atoms with Crippen LogP contribution in [0.25, 0.3) is 0 Å². The zero-order valence-corrected chi connectivity index (χ0v) is 18.0. The summed E-state index contributed by atoms with van der Waals surface area (Å²) in [5.74, 6) is -0.532. The van der Waals surface area contributed by atoms with Gasteiger partial charge in [-0.1, -0.05) is 24.4 Å². The number of anilines is 3. The number of primary amides is 1. The lowest BCUT2D eigenvalue weighted by Crippen LogP contribution is -2.33. The molecule has 1 unspecified atom stereocenters. The molecule has 1 atom stereocenters. The second-order valence-corrected chi connectivity index (χ2v) is 7.94. The summed E-state index contributed by atoms with van der Waals surface area (Å²) in [5.41, 5.74) is 7.58. The van der Waals surface area contributed by atoms with E-state index in [9.17, 15) is 9.59 Å². The summed E-state index contributed by atoms with van der Waals surface area (Å²) in [6.07, 6.45) is 1.09. The molecule has 3 rings (SSSR count). The van der Waals surface area contributed by atoms with Crippen molar-refractivity contribution >= 4 is 53.4 Å². The van der Waals surface area contributed by atoms with Gasteiger partial charge < -0.3 is 20.9 Å². The lowest BCUT2D eigenvalue weighted by molar-refractivity contribution is 0.100. The first-order chi connectivity index (χ1) is 13.8. The number of halogens is 1. The van der Waals surface area contributed by atoms with Crippen molar-refractivity contribution in [3.63, 3.8) is 0 Å². The number of urea groups is 1. The molecular formula is C20H24ClN5O2S. The van der Waals surface area contributed by atoms with Crippen molar-refractivity contribution < 1.29 is 9.59 Å². The van der Waals surface area contributed by atoms with Crippen LogP contribution in [0.1, 0.15) is 16.8 Å². The first-order valence-electron chi connectivity index (χ1n) is 9.17. The zero-order chi connectivity index (χ0) is 21.1. The van der Waals surface area contributed by atoms with Gasteiger partial charge in [-0.15, -0.1) is 0 Å². The Bertz CT molecular complexity index is 908. The van der Waals surface area contributed by atoms with Crippen LogP contribution in [-0.4, -0.2) is 50.1 Å². The van der Waals surface area contributed by atoms with Crippen LogP contribution in [0.2, 0.25) is 5.02 Å². The maximum atomic E-state index is 12.5. The highest BCUT2D eigenvalue weighted by Crippen LogP contribution is 2.31. The Hall–Kier alpha value is -2.42. The molecule has 154 valence electrons. The van der Waals surface area contributed by atoms with Gasteiger partial charge in [0.2, 0.25) is 5.91 Å². The van der Waals surface area contributed by atoms with E-state index in [1.807, 2.05) is 19.2 Å². The highest BCUT2D eigenvalue weighted by molar-refractivity contribution is 7.82. The van der Waals surface area contributed by atoms with Gasteiger partial charge in [-0.25, -0.2) is 9.10 Å². The summed E-state index contributed by atoms with van der Waals surface area (Å²) < 4.78 is 1.15. The predicted octanol–water partition coefficient (Wildman–Crippen LogP) is 3.46. The summed E-state index contributed by atoms with van der Waals surface area (Å²) in [6.45, 7) is 2.06. The highest BCUT2D eigenvalue weighted by atomic mass is 35.5. The monoisotopic (exact) mass is 433 g/mol. The molecule has 2 aromatic carbocycles. The number of nitrogens with zero attached hydrogens (tertiary/aromatic N) is 3. The van der Waals surface area contributed by atoms with Crippen LogP contribution in [-0.2, 0) is 0 Å². The molecule has 2 aromatic rings. The second kappa shape index (κ2) is 8.94. The van der Waals surface area contributed by atoms with Crippen LogP contribution in [0.4, 0.5) is 21.9 Å². The van der Waals surface area contributed by atoms with Crippen LogP contribution < -0.4 is 20.3 Å². The minimum atomic E-state index is -0.532. The molecule has 0 spiro atoms. The van der Waals surface area contributed by atoms with Gasteiger partial charge >= 0.3 is 6.03 Å². The standard InChI is InChI=1S/C20H24ClN5O2S/c1-24-10-9-16(12-24)25(2)18-8-5-14(11-17(18)21)23-20(28)26(29)15-6-3-13(4-7-15)19(22)27/h3-8,11,16,29H,9-10,12H2,1-2H3,(H2,22,27)(H,23,28). The molecule has 3 amide bonds. The summed E-state index contributed by atoms with van der Waals surface area (Å²) >= 11 is 10.7. The first-order valence-corrected chi connectivity index (χ1v) is 9.95. The molecule has 0 aliphatic carbocycles. The molecule has 0 bridgehead atoms. The van der Waals surface area contributed by atoms with Crippen molar-refractivity contribution in [3.05, 3.63) is 53.1 Å². The second-order valence-electron chi connectivity index (χ2n) is 7.13. The lowest BCUT2D eigenvalue weighted by atomic mass is 10.2. The largest absolute Gasteiger partial charge is 0.369 e. The maximum absolute atomic E-state index is 12.5. The Labute approximate surface area is 180 Å². The SMILES string of the molecule is CN1CCC(N(C)c2ccc(NC(=O)N(S)c3ccc(C(N)=O)cc3)cc2Cl)C1. The van der Waals surface area contributed by atoms with Gasteiger partial charge in [-0.05, 0) is 62.5 Å². The average molecular weight is 434 g/mol. The molecule has 1 fully saturated rings. The van der Waals surface area contributed by atoms with Gasteiger partial charge in [0.25, 0.3) is 0 Å². The minimum Gasteiger partial charge on any atom is -0.369 e. The third-order valence-corrected chi connectivity index (χ3v) is 5.80. The van der Waals surface area contributed by atoms with Gasteiger partial charge in [0.15, 0.2) is 0 Å². The van der Waals surface area contributed by atoms with E-state index in [4.69, 9.17) is 17.3 Å². The zero-order valence-electron chi connectivity index (χ0n) is 16.3. The number of nitrogens with two attached hydrogens (primary N) is 1. The number of carbonyl (C=O) groups is 2. The molecule has 0 saturated carbocycles. The van der Waals surface area contributed by atoms with Crippen molar-refractivity contribution in [3.8, 4) is 0 Å². The molecule has 3 N–H and O–H groups in total. The van der Waals surface area contributed by atoms with Crippen molar-refractivity contribution in [2.24, 2.45) is 5.73 Å². The quantitative estimate of drug-likeness (QED) is 0.630. The number of likely N-dealkylation sites (N-methyl/N-ethyl adjacent to an activating group) is 2. The Balaban J connectivity index is 1.67. The van der Waals surface area contributed by atoms with Gasteiger partial charge in [0.05, 0.1) is 16.4 Å². The predicted molar refractivity (Wildman–Crippen MR) is 121 cm³/mol. The van der Waals surface area contributed by atoms with E-state index in [0.29, 0.717) is 28.0 Å². The maximum Gasteiger partial charge on any atom is 0.336 e. The van der Waals surface area contributed by atoms with Crippen LogP contribution in [0.15, 0.2) is 42.5 Å². The van der Waals surface area contributed by atoms with Crippen LogP contribution in [0.5, 0.6) is 0 Å². The molecule has 1 saturated heterocycles. The molecule has 0 aromatic heterocycles. The van der Waals surface area contributed by atoms with Crippen molar-refractivity contribution in [1.82, 2.24) is 4.90 Å². The molecule has 1 aliphatic heterocycles. The normalized spacial score (nSPS) is 16.5. The van der Waals surface area contributed by atoms with Gasteiger partial charge in [0, 0.05) is 30.9 Å². The van der Waals surface area contributed by atoms with E-state index in [0.717, 1.165) is 29.5 Å². The number of rotatable bonds is 5. The van der Waals surface area contributed by atoms with E-state index >= 15 is 0 Å². The van der Waals surface area contributed by atoms with Gasteiger partial charge in [-0.2, -0.15) is 0 Å². The summed E-state index contributed by atoms with van der Waals surface area (Å²) in [4.78, 5) is 28.1. The summed E-state index contributed by atoms with van der Waals surface area (Å²) in [5, 5.41) is 3.33. The smallest absolute Gasteiger partial charge is 0.336 e. The number of hydrogen-bond donors (Lipinski definition) is 3. The molecule has 29 heavy (non-hydrogen) atoms. The number of benzene rings is 2. The number of hydrogen-bond acceptors (Lipinski definition) is 5. The number of amides is 3. The Morgan fingerprint density at radius 1 is 1.24 bits per heavy atom. The van der Waals surface area contributed by atoms with Crippen molar-refractivity contribution in [2.75, 3.05) is 41.7 Å². The topological polar surface area (TPSA) is 81.9 Å². The molecule has 1 aliphatic rings. The summed E-state index contributed by atoms with van der Waals surface area (Å²) in [7, 11) is 4.15. The fourth-order valence-electron chi connectivity index (χ4n) is 3.36. The Kier molecular flexibility index (Phi) is 6.56. The van der Waals surface area contributed by atoms with Gasteiger partial charge in [-0.3, -0.25) is 4.79 Å². The van der Waals surface area contributed by atoms with Crippen LogP contribution in [0.3, 0.4) is 0 Å². The fourth-order valence-corrected chi connectivity index (χ4v) is 3.85. The number of likely N-dealkylation sites (tertiary alicyclic amines) is 1. The Morgan fingerprint density at radius 3 is 2.48 bits per heavy atom. The van der Waals surface area contributed by atoms with E-state index in [-0.39, 0.29) is 0 Å². The molecule has 0 radical (unpaired) electrons. The van der Waals surface area contributed by atoms with Gasteiger partial charge in [0.1, 0.15) is 0 Å². The number of thiol groups is 1. The minimum absolute atomic E-state index is 0.357. The average Bonchev–Trinajstić information content (AvgIpc) is 3.13. The van der Waals surface area contributed by atoms with Crippen LogP contribution >= 0.6 is 24.4 Å². The fraction of sp³-hybridized carbons (Fsp3) is 0.300. The van der Waals surface area contributed by atoms with E-state index in [1.165, 1.54) is 12.1 Å². The third-order valence-electron chi connectivity index (χ3n) is 5.08. The van der Waals surface area contributed by atoms with Crippen molar-refractivity contribution in [1.29, 1.82) is 0 Å². The number of carbonyl (C=O) groups excluding carboxylic acids is 2. The molecular weight excluding hydrogens is 410 g/mol. The molecule has 7 nitrogen and oxygen atoms in total. The van der Waals surface area contributed by atoms with E-state index in [1.54, 1.807) is 18.2 Å². The lowest BCUT2D eigenvalue weighted by Gasteiger charge is -2.27. The first kappa shape index (κ1) is 21.3. The van der Waals surface area contributed by atoms with Crippen molar-refractivity contribution in [2.45, 2.75) is 12.5 Å². The van der Waals surface area contributed by atoms with Crippen LogP contribution in [0, 0.1) is 0 Å². The Morgan fingerprint density at radius 2 is 1.93 bits per heavy atom. The van der Waals surface area contributed by atoms with E-state index in [2.05, 4.69) is 35.0 Å².